The van der Waals surface area contributed by atoms with Crippen LogP contribution in [-0.4, -0.2) is 42.8 Å². The maximum Gasteiger partial charge on any atom is 0.211 e. The Morgan fingerprint density at radius 2 is 1.63 bits per heavy atom. The monoisotopic (exact) mass is 361 g/mol. The summed E-state index contributed by atoms with van der Waals surface area (Å²) in [5.41, 5.74) is 5.02. The van der Waals surface area contributed by atoms with Gasteiger partial charge in [-0.25, -0.2) is 0 Å². The first-order valence-corrected chi connectivity index (χ1v) is 9.17. The first-order valence-electron chi connectivity index (χ1n) is 9.17. The van der Waals surface area contributed by atoms with E-state index >= 15 is 0 Å². The zero-order chi connectivity index (χ0) is 18.6. The summed E-state index contributed by atoms with van der Waals surface area (Å²) in [6.07, 6.45) is 0.715. The maximum absolute atomic E-state index is 11.2. The summed E-state index contributed by atoms with van der Waals surface area (Å²) < 4.78 is 0. The van der Waals surface area contributed by atoms with E-state index in [1.165, 1.54) is 11.3 Å². The molecule has 138 valence electrons. The first kappa shape index (κ1) is 17.1. The van der Waals surface area contributed by atoms with E-state index in [2.05, 4.69) is 68.6 Å². The fraction of sp³-hybridized carbons (Fsp3) is 0.238. The lowest BCUT2D eigenvalue weighted by atomic mass is 10.1. The molecular weight excluding hydrogens is 338 g/mol. The summed E-state index contributed by atoms with van der Waals surface area (Å²) in [6.45, 7) is 5.58. The van der Waals surface area contributed by atoms with Crippen molar-refractivity contribution in [3.63, 3.8) is 0 Å². The minimum absolute atomic E-state index is 0.715. The second kappa shape index (κ2) is 7.53. The number of anilines is 3. The van der Waals surface area contributed by atoms with Gasteiger partial charge in [-0.3, -0.25) is 9.89 Å². The minimum Gasteiger partial charge on any atom is -0.368 e. The van der Waals surface area contributed by atoms with Crippen molar-refractivity contribution >= 4 is 23.6 Å². The van der Waals surface area contributed by atoms with Crippen molar-refractivity contribution in [3.05, 3.63) is 60.2 Å². The number of para-hydroxylation sites is 1. The van der Waals surface area contributed by atoms with E-state index in [9.17, 15) is 4.79 Å². The van der Waals surface area contributed by atoms with Crippen LogP contribution in [0.15, 0.2) is 54.6 Å². The SMILES string of the molecule is Cc1ccc(-c2[nH]nc(N3CCN(c4ccccc4)CC3)c2NC=O)cc1. The Balaban J connectivity index is 1.56. The predicted octanol–water partition coefficient (Wildman–Crippen LogP) is 3.28. The normalized spacial score (nSPS) is 14.3. The number of aryl methyl sites for hydroxylation is 1. The molecule has 0 bridgehead atoms. The second-order valence-corrected chi connectivity index (χ2v) is 6.74. The van der Waals surface area contributed by atoms with Crippen LogP contribution in [0.1, 0.15) is 5.56 Å². The summed E-state index contributed by atoms with van der Waals surface area (Å²) in [5.74, 6) is 0.797. The molecule has 6 nitrogen and oxygen atoms in total. The number of amides is 1. The van der Waals surface area contributed by atoms with E-state index in [4.69, 9.17) is 0 Å². The van der Waals surface area contributed by atoms with Crippen molar-refractivity contribution in [2.45, 2.75) is 6.92 Å². The number of hydrogen-bond donors (Lipinski definition) is 2. The van der Waals surface area contributed by atoms with Gasteiger partial charge < -0.3 is 15.1 Å². The van der Waals surface area contributed by atoms with Gasteiger partial charge in [0.25, 0.3) is 0 Å². The molecule has 1 aromatic heterocycles. The molecule has 1 aliphatic heterocycles. The van der Waals surface area contributed by atoms with Gasteiger partial charge in [-0.05, 0) is 19.1 Å². The van der Waals surface area contributed by atoms with Crippen molar-refractivity contribution in [3.8, 4) is 11.3 Å². The number of aromatic amines is 1. The zero-order valence-electron chi connectivity index (χ0n) is 15.4. The number of benzene rings is 2. The van der Waals surface area contributed by atoms with Crippen molar-refractivity contribution in [1.82, 2.24) is 10.2 Å². The van der Waals surface area contributed by atoms with Gasteiger partial charge in [-0.1, -0.05) is 48.0 Å². The van der Waals surface area contributed by atoms with Gasteiger partial charge in [-0.15, -0.1) is 0 Å². The molecule has 0 unspecified atom stereocenters. The smallest absolute Gasteiger partial charge is 0.211 e. The van der Waals surface area contributed by atoms with Crippen LogP contribution in [0.3, 0.4) is 0 Å². The highest BCUT2D eigenvalue weighted by Gasteiger charge is 2.24. The van der Waals surface area contributed by atoms with Crippen molar-refractivity contribution in [2.24, 2.45) is 0 Å². The summed E-state index contributed by atoms with van der Waals surface area (Å²) >= 11 is 0. The predicted molar refractivity (Wildman–Crippen MR) is 109 cm³/mol. The fourth-order valence-corrected chi connectivity index (χ4v) is 3.50. The van der Waals surface area contributed by atoms with Crippen LogP contribution in [0.2, 0.25) is 0 Å². The first-order chi connectivity index (χ1) is 13.3. The number of nitrogens with one attached hydrogen (secondary N) is 2. The van der Waals surface area contributed by atoms with Crippen LogP contribution in [-0.2, 0) is 4.79 Å². The maximum atomic E-state index is 11.2. The molecule has 1 fully saturated rings. The summed E-state index contributed by atoms with van der Waals surface area (Å²) in [6, 6.07) is 18.6. The van der Waals surface area contributed by atoms with Crippen LogP contribution in [0.4, 0.5) is 17.2 Å². The van der Waals surface area contributed by atoms with Crippen LogP contribution in [0.25, 0.3) is 11.3 Å². The summed E-state index contributed by atoms with van der Waals surface area (Å²) in [4.78, 5) is 15.8. The largest absolute Gasteiger partial charge is 0.368 e. The number of carbonyl (C=O) groups is 1. The van der Waals surface area contributed by atoms with Gasteiger partial charge in [0, 0.05) is 37.4 Å². The van der Waals surface area contributed by atoms with E-state index in [0.29, 0.717) is 6.41 Å². The van der Waals surface area contributed by atoms with Crippen LogP contribution in [0, 0.1) is 6.92 Å². The Kier molecular flexibility index (Phi) is 4.78. The molecule has 0 aliphatic carbocycles. The minimum atomic E-state index is 0.715. The molecule has 3 aromatic rings. The van der Waals surface area contributed by atoms with Crippen molar-refractivity contribution in [2.75, 3.05) is 41.3 Å². The lowest BCUT2D eigenvalue weighted by molar-refractivity contribution is -0.105. The molecule has 1 saturated heterocycles. The number of piperazine rings is 1. The zero-order valence-corrected chi connectivity index (χ0v) is 15.4. The molecule has 0 radical (unpaired) electrons. The molecule has 1 aliphatic rings. The highest BCUT2D eigenvalue weighted by Crippen LogP contribution is 2.34. The van der Waals surface area contributed by atoms with E-state index < -0.39 is 0 Å². The van der Waals surface area contributed by atoms with Gasteiger partial charge in [0.15, 0.2) is 5.82 Å². The van der Waals surface area contributed by atoms with E-state index in [-0.39, 0.29) is 0 Å². The number of hydrogen-bond acceptors (Lipinski definition) is 4. The standard InChI is InChI=1S/C21H23N5O/c1-16-7-9-17(10-8-16)19-20(22-15-27)21(24-23-19)26-13-11-25(12-14-26)18-5-3-2-4-6-18/h2-10,15H,11-14H2,1H3,(H,22,27)(H,23,24). The number of rotatable bonds is 5. The van der Waals surface area contributed by atoms with Crippen LogP contribution >= 0.6 is 0 Å². The third-order valence-electron chi connectivity index (χ3n) is 4.99. The summed E-state index contributed by atoms with van der Waals surface area (Å²) in [5, 5.41) is 10.5. The highest BCUT2D eigenvalue weighted by atomic mass is 16.1. The molecule has 1 amide bonds. The number of H-pyrrole nitrogens is 1. The third kappa shape index (κ3) is 3.51. The average Bonchev–Trinajstić information content (AvgIpc) is 3.13. The number of aromatic nitrogens is 2. The van der Waals surface area contributed by atoms with Gasteiger partial charge >= 0.3 is 0 Å². The van der Waals surface area contributed by atoms with Gasteiger partial charge in [0.2, 0.25) is 6.41 Å². The van der Waals surface area contributed by atoms with Gasteiger partial charge in [0.05, 0.1) is 5.69 Å². The Labute approximate surface area is 158 Å². The van der Waals surface area contributed by atoms with Crippen LogP contribution in [0.5, 0.6) is 0 Å². The number of nitrogens with zero attached hydrogens (tertiary/aromatic N) is 3. The summed E-state index contributed by atoms with van der Waals surface area (Å²) in [7, 11) is 0. The Morgan fingerprint density at radius 1 is 0.963 bits per heavy atom. The Bertz CT molecular complexity index is 896. The molecular formula is C21H23N5O. The molecule has 6 heteroatoms. The topological polar surface area (TPSA) is 64.3 Å². The molecule has 0 spiro atoms. The third-order valence-corrected chi connectivity index (χ3v) is 4.99. The van der Waals surface area contributed by atoms with Crippen molar-refractivity contribution in [1.29, 1.82) is 0 Å². The molecule has 2 N–H and O–H groups in total. The molecule has 4 rings (SSSR count). The molecule has 0 saturated carbocycles. The van der Waals surface area contributed by atoms with E-state index in [1.54, 1.807) is 0 Å². The highest BCUT2D eigenvalue weighted by molar-refractivity contribution is 5.90. The average molecular weight is 361 g/mol. The molecule has 2 heterocycles. The molecule has 27 heavy (non-hydrogen) atoms. The van der Waals surface area contributed by atoms with Gasteiger partial charge in [-0.2, -0.15) is 5.10 Å². The Morgan fingerprint density at radius 3 is 2.30 bits per heavy atom. The van der Waals surface area contributed by atoms with E-state index in [1.807, 2.05) is 18.2 Å². The second-order valence-electron chi connectivity index (χ2n) is 6.74. The van der Waals surface area contributed by atoms with Gasteiger partial charge in [0.1, 0.15) is 5.69 Å². The lowest BCUT2D eigenvalue weighted by Gasteiger charge is -2.36. The van der Waals surface area contributed by atoms with Crippen LogP contribution < -0.4 is 15.1 Å². The molecule has 2 aromatic carbocycles. The number of carbonyl (C=O) groups excluding carboxylic acids is 1. The molecule has 0 atom stereocenters. The quantitative estimate of drug-likeness (QED) is 0.685. The van der Waals surface area contributed by atoms with E-state index in [0.717, 1.165) is 48.9 Å². The lowest BCUT2D eigenvalue weighted by Crippen LogP contribution is -2.46. The van der Waals surface area contributed by atoms with Crippen molar-refractivity contribution < 1.29 is 4.79 Å². The Hall–Kier alpha value is -3.28. The fourth-order valence-electron chi connectivity index (χ4n) is 3.50.